The van der Waals surface area contributed by atoms with Crippen molar-refractivity contribution >= 4 is 23.4 Å². The van der Waals surface area contributed by atoms with E-state index in [1.165, 1.54) is 5.56 Å². The molecular formula is C18H32N4O2S. The molecule has 7 heteroatoms. The first-order valence-electron chi connectivity index (χ1n) is 8.83. The maximum absolute atomic E-state index is 11.6. The molecular weight excluding hydrogens is 336 g/mol. The molecule has 1 rings (SSSR count). The lowest BCUT2D eigenvalue weighted by atomic mass is 10.1. The van der Waals surface area contributed by atoms with Gasteiger partial charge in [-0.15, -0.1) is 0 Å². The second-order valence-corrected chi connectivity index (χ2v) is 7.67. The summed E-state index contributed by atoms with van der Waals surface area (Å²) >= 11 is 1.71. The minimum absolute atomic E-state index is 0.377. The molecule has 1 amide bonds. The number of thiophene rings is 1. The summed E-state index contributed by atoms with van der Waals surface area (Å²) in [6.07, 6.45) is 0.418. The number of nitrogens with one attached hydrogen (secondary N) is 3. The van der Waals surface area contributed by atoms with Gasteiger partial charge >= 0.3 is 6.09 Å². The molecule has 0 saturated carbocycles. The molecule has 0 spiro atoms. The van der Waals surface area contributed by atoms with Crippen LogP contribution in [0.3, 0.4) is 0 Å². The summed E-state index contributed by atoms with van der Waals surface area (Å²) in [5, 5.41) is 13.6. The highest BCUT2D eigenvalue weighted by Crippen LogP contribution is 2.18. The number of ether oxygens (including phenoxy) is 1. The predicted octanol–water partition coefficient (Wildman–Crippen LogP) is 3.32. The van der Waals surface area contributed by atoms with Crippen molar-refractivity contribution in [1.82, 2.24) is 16.0 Å². The normalized spacial score (nSPS) is 13.2. The molecule has 6 nitrogen and oxygen atoms in total. The van der Waals surface area contributed by atoms with E-state index in [9.17, 15) is 4.79 Å². The van der Waals surface area contributed by atoms with Crippen LogP contribution in [0.15, 0.2) is 21.8 Å². The number of aliphatic imine (C=N–C) groups is 1. The summed E-state index contributed by atoms with van der Waals surface area (Å²) < 4.78 is 5.20. The molecule has 0 bridgehead atoms. The van der Waals surface area contributed by atoms with Crippen molar-refractivity contribution in [1.29, 1.82) is 0 Å². The molecule has 0 aromatic carbocycles. The number of alkyl carbamates (subject to hydrolysis) is 1. The molecule has 0 saturated heterocycles. The second kappa shape index (κ2) is 11.0. The van der Waals surface area contributed by atoms with Gasteiger partial charge in [-0.2, -0.15) is 11.3 Å². The molecule has 25 heavy (non-hydrogen) atoms. The standard InChI is InChI=1S/C18H32N4O2S/c1-6-19-16(22-12-14(2)15-8-11-25-13-15)20-9-7-10-21-17(23)24-18(3,4)5/h8,11,13-14H,6-7,9-10,12H2,1-5H3,(H,21,23)(H2,19,20,22). The maximum atomic E-state index is 11.6. The van der Waals surface area contributed by atoms with Gasteiger partial charge in [0.15, 0.2) is 5.96 Å². The topological polar surface area (TPSA) is 74.8 Å². The monoisotopic (exact) mass is 368 g/mol. The fourth-order valence-corrected chi connectivity index (χ4v) is 2.81. The molecule has 1 atom stereocenters. The second-order valence-electron chi connectivity index (χ2n) is 6.89. The molecule has 1 aromatic heterocycles. The van der Waals surface area contributed by atoms with Crippen LogP contribution in [0.25, 0.3) is 0 Å². The first-order chi connectivity index (χ1) is 11.8. The highest BCUT2D eigenvalue weighted by atomic mass is 32.1. The van der Waals surface area contributed by atoms with Crippen LogP contribution >= 0.6 is 11.3 Å². The highest BCUT2D eigenvalue weighted by molar-refractivity contribution is 7.07. The molecule has 1 aromatic rings. The van der Waals surface area contributed by atoms with Crippen molar-refractivity contribution in [2.24, 2.45) is 4.99 Å². The summed E-state index contributed by atoms with van der Waals surface area (Å²) in [7, 11) is 0. The Hall–Kier alpha value is -1.76. The predicted molar refractivity (Wildman–Crippen MR) is 106 cm³/mol. The Morgan fingerprint density at radius 2 is 2.00 bits per heavy atom. The number of nitrogens with zero attached hydrogens (tertiary/aromatic N) is 1. The Bertz CT molecular complexity index is 524. The van der Waals surface area contributed by atoms with E-state index in [0.717, 1.165) is 32.0 Å². The van der Waals surface area contributed by atoms with Gasteiger partial charge in [0.25, 0.3) is 0 Å². The lowest BCUT2D eigenvalue weighted by Crippen LogP contribution is -2.39. The van der Waals surface area contributed by atoms with E-state index in [4.69, 9.17) is 4.74 Å². The number of hydrogen-bond acceptors (Lipinski definition) is 4. The molecule has 0 aliphatic heterocycles. The summed E-state index contributed by atoms with van der Waals surface area (Å²) in [6, 6.07) is 2.15. The van der Waals surface area contributed by atoms with E-state index in [2.05, 4.69) is 44.7 Å². The Kier molecular flexibility index (Phi) is 9.34. The average molecular weight is 369 g/mol. The van der Waals surface area contributed by atoms with Crippen LogP contribution in [0.2, 0.25) is 0 Å². The Morgan fingerprint density at radius 3 is 2.60 bits per heavy atom. The van der Waals surface area contributed by atoms with Crippen LogP contribution in [0, 0.1) is 0 Å². The molecule has 0 fully saturated rings. The molecule has 1 unspecified atom stereocenters. The molecule has 1 heterocycles. The van der Waals surface area contributed by atoms with Gasteiger partial charge in [0.2, 0.25) is 0 Å². The maximum Gasteiger partial charge on any atom is 0.407 e. The van der Waals surface area contributed by atoms with Crippen LogP contribution < -0.4 is 16.0 Å². The number of rotatable bonds is 8. The van der Waals surface area contributed by atoms with Crippen molar-refractivity contribution in [3.05, 3.63) is 22.4 Å². The molecule has 0 radical (unpaired) electrons. The van der Waals surface area contributed by atoms with E-state index in [-0.39, 0.29) is 6.09 Å². The van der Waals surface area contributed by atoms with Crippen LogP contribution in [-0.2, 0) is 4.74 Å². The summed E-state index contributed by atoms with van der Waals surface area (Å²) in [5.41, 5.74) is 0.859. The van der Waals surface area contributed by atoms with Crippen molar-refractivity contribution in [2.45, 2.75) is 52.6 Å². The van der Waals surface area contributed by atoms with Crippen molar-refractivity contribution in [3.63, 3.8) is 0 Å². The smallest absolute Gasteiger partial charge is 0.407 e. The number of carbonyl (C=O) groups excluding carboxylic acids is 1. The highest BCUT2D eigenvalue weighted by Gasteiger charge is 2.15. The van der Waals surface area contributed by atoms with Crippen LogP contribution in [0.4, 0.5) is 4.79 Å². The first-order valence-corrected chi connectivity index (χ1v) is 9.77. The van der Waals surface area contributed by atoms with Gasteiger partial charge in [-0.25, -0.2) is 4.79 Å². The Morgan fingerprint density at radius 1 is 1.28 bits per heavy atom. The SMILES string of the molecule is CCNC(=NCC(C)c1ccsc1)NCCCNC(=O)OC(C)(C)C. The fourth-order valence-electron chi connectivity index (χ4n) is 2.03. The minimum Gasteiger partial charge on any atom is -0.444 e. The summed E-state index contributed by atoms with van der Waals surface area (Å²) in [4.78, 5) is 16.2. The van der Waals surface area contributed by atoms with Gasteiger partial charge in [-0.3, -0.25) is 4.99 Å². The third-order valence-corrected chi connectivity index (χ3v) is 4.00. The van der Waals surface area contributed by atoms with Gasteiger partial charge in [0, 0.05) is 32.1 Å². The number of guanidine groups is 1. The van der Waals surface area contributed by atoms with E-state index < -0.39 is 5.60 Å². The zero-order valence-corrected chi connectivity index (χ0v) is 16.8. The van der Waals surface area contributed by atoms with Crippen molar-refractivity contribution < 1.29 is 9.53 Å². The van der Waals surface area contributed by atoms with Crippen LogP contribution in [0.1, 0.15) is 52.5 Å². The van der Waals surface area contributed by atoms with Crippen LogP contribution in [0.5, 0.6) is 0 Å². The van der Waals surface area contributed by atoms with E-state index in [1.54, 1.807) is 11.3 Å². The van der Waals surface area contributed by atoms with E-state index in [1.807, 2.05) is 27.7 Å². The van der Waals surface area contributed by atoms with Gasteiger partial charge in [-0.05, 0) is 56.5 Å². The molecule has 0 aliphatic carbocycles. The fraction of sp³-hybridized carbons (Fsp3) is 0.667. The van der Waals surface area contributed by atoms with Gasteiger partial charge in [0.05, 0.1) is 0 Å². The van der Waals surface area contributed by atoms with Gasteiger partial charge < -0.3 is 20.7 Å². The molecule has 3 N–H and O–H groups in total. The number of hydrogen-bond donors (Lipinski definition) is 3. The van der Waals surface area contributed by atoms with E-state index >= 15 is 0 Å². The Labute approximate surface area is 155 Å². The third kappa shape index (κ3) is 9.96. The minimum atomic E-state index is -0.466. The summed E-state index contributed by atoms with van der Waals surface area (Å²) in [5.74, 6) is 1.21. The third-order valence-electron chi connectivity index (χ3n) is 3.29. The van der Waals surface area contributed by atoms with Gasteiger partial charge in [0.1, 0.15) is 5.60 Å². The lowest BCUT2D eigenvalue weighted by Gasteiger charge is -2.19. The van der Waals surface area contributed by atoms with Crippen molar-refractivity contribution in [3.8, 4) is 0 Å². The zero-order chi connectivity index (χ0) is 18.7. The number of carbonyl (C=O) groups is 1. The largest absolute Gasteiger partial charge is 0.444 e. The Balaban J connectivity index is 2.28. The molecule has 0 aliphatic rings. The zero-order valence-electron chi connectivity index (χ0n) is 16.0. The van der Waals surface area contributed by atoms with Crippen LogP contribution in [-0.4, -0.2) is 43.8 Å². The summed E-state index contributed by atoms with van der Waals surface area (Å²) in [6.45, 7) is 12.6. The average Bonchev–Trinajstić information content (AvgIpc) is 3.04. The van der Waals surface area contributed by atoms with Crippen molar-refractivity contribution in [2.75, 3.05) is 26.2 Å². The quantitative estimate of drug-likeness (QED) is 0.374. The van der Waals surface area contributed by atoms with E-state index in [0.29, 0.717) is 12.5 Å². The first kappa shape index (κ1) is 21.3. The number of amides is 1. The lowest BCUT2D eigenvalue weighted by molar-refractivity contribution is 0.0527. The van der Waals surface area contributed by atoms with Gasteiger partial charge in [-0.1, -0.05) is 6.92 Å². The molecule has 142 valence electrons.